The second-order valence-corrected chi connectivity index (χ2v) is 10.2. The number of aromatic nitrogens is 2. The van der Waals surface area contributed by atoms with E-state index in [4.69, 9.17) is 4.42 Å². The van der Waals surface area contributed by atoms with Crippen molar-refractivity contribution in [3.8, 4) is 0 Å². The Hall–Kier alpha value is -5.02. The molecule has 37 heavy (non-hydrogen) atoms. The highest BCUT2D eigenvalue weighted by molar-refractivity contribution is 6.38. The van der Waals surface area contributed by atoms with Crippen molar-refractivity contribution in [2.24, 2.45) is 0 Å². The number of nitrogens with one attached hydrogen (secondary N) is 1. The molecule has 0 aliphatic heterocycles. The average Bonchev–Trinajstić information content (AvgIpc) is 3.58. The standard InChI is InChI=1S/C34H18N2O/c1-2-9-19-18(8-1)16-25-30-29(19)23-13-7-12-22-20-10-3-5-14-26(20)36(33(22)23)27-17-24-21-11-4-6-15-28(21)37-34(24)32(35-25)31(27)30/h1-17,35H. The average molecular weight is 471 g/mol. The zero-order valence-corrected chi connectivity index (χ0v) is 19.7. The van der Waals surface area contributed by atoms with Crippen LogP contribution in [-0.4, -0.2) is 9.38 Å². The van der Waals surface area contributed by atoms with Crippen LogP contribution >= 0.6 is 0 Å². The second-order valence-electron chi connectivity index (χ2n) is 10.2. The molecule has 0 spiro atoms. The topological polar surface area (TPSA) is 33.3 Å². The zero-order valence-electron chi connectivity index (χ0n) is 19.7. The lowest BCUT2D eigenvalue weighted by atomic mass is 9.97. The Bertz CT molecular complexity index is 2570. The van der Waals surface area contributed by atoms with Crippen LogP contribution in [-0.2, 0) is 0 Å². The molecule has 0 unspecified atom stereocenters. The van der Waals surface area contributed by atoms with Gasteiger partial charge >= 0.3 is 0 Å². The van der Waals surface area contributed by atoms with Crippen LogP contribution in [0.5, 0.6) is 0 Å². The van der Waals surface area contributed by atoms with Crippen molar-refractivity contribution in [1.29, 1.82) is 0 Å². The minimum atomic E-state index is 0.917. The van der Waals surface area contributed by atoms with Gasteiger partial charge in [-0.05, 0) is 35.0 Å². The Balaban J connectivity index is 1.70. The summed E-state index contributed by atoms with van der Waals surface area (Å²) in [6.07, 6.45) is 0. The summed E-state index contributed by atoms with van der Waals surface area (Å²) in [4.78, 5) is 3.82. The van der Waals surface area contributed by atoms with E-state index in [0.717, 1.165) is 33.0 Å². The first kappa shape index (κ1) is 18.3. The monoisotopic (exact) mass is 470 g/mol. The van der Waals surface area contributed by atoms with Gasteiger partial charge < -0.3 is 13.8 Å². The van der Waals surface area contributed by atoms with Crippen LogP contribution < -0.4 is 0 Å². The number of aromatic amines is 1. The van der Waals surface area contributed by atoms with Gasteiger partial charge in [-0.1, -0.05) is 78.9 Å². The summed E-state index contributed by atoms with van der Waals surface area (Å²) in [5.41, 5.74) is 7.74. The molecule has 0 aliphatic carbocycles. The molecule has 4 aromatic heterocycles. The molecule has 0 atom stereocenters. The second kappa shape index (κ2) is 6.03. The van der Waals surface area contributed by atoms with Crippen LogP contribution in [0.1, 0.15) is 0 Å². The lowest BCUT2D eigenvalue weighted by Gasteiger charge is -2.05. The van der Waals surface area contributed by atoms with Gasteiger partial charge in [-0.15, -0.1) is 0 Å². The number of rotatable bonds is 0. The maximum absolute atomic E-state index is 6.53. The highest BCUT2D eigenvalue weighted by atomic mass is 16.3. The summed E-state index contributed by atoms with van der Waals surface area (Å²) in [7, 11) is 0. The van der Waals surface area contributed by atoms with E-state index in [9.17, 15) is 0 Å². The lowest BCUT2D eigenvalue weighted by Crippen LogP contribution is -1.85. The number of furan rings is 1. The number of hydrogen-bond acceptors (Lipinski definition) is 1. The van der Waals surface area contributed by atoms with E-state index < -0.39 is 0 Å². The smallest absolute Gasteiger partial charge is 0.159 e. The predicted molar refractivity (Wildman–Crippen MR) is 155 cm³/mol. The Morgan fingerprint density at radius 2 is 1.30 bits per heavy atom. The van der Waals surface area contributed by atoms with Crippen molar-refractivity contribution in [2.75, 3.05) is 0 Å². The SMILES string of the molecule is c1ccc2c(c1)cc1[nH]c3c4oc5ccccc5c4cc4c3c1c2c1cccc2c3ccccc3n4c21. The number of H-pyrrole nitrogens is 1. The molecule has 0 radical (unpaired) electrons. The zero-order chi connectivity index (χ0) is 23.8. The first-order valence-electron chi connectivity index (χ1n) is 12.7. The number of hydrogen-bond donors (Lipinski definition) is 1. The maximum Gasteiger partial charge on any atom is 0.159 e. The molecule has 0 saturated heterocycles. The molecule has 3 heteroatoms. The third kappa shape index (κ3) is 2.00. The van der Waals surface area contributed by atoms with Gasteiger partial charge in [-0.2, -0.15) is 0 Å². The fourth-order valence-corrected chi connectivity index (χ4v) is 6.98. The summed E-state index contributed by atoms with van der Waals surface area (Å²) in [6.45, 7) is 0. The van der Waals surface area contributed by atoms with Gasteiger partial charge in [-0.3, -0.25) is 0 Å². The fraction of sp³-hybridized carbons (Fsp3) is 0. The molecule has 0 bridgehead atoms. The highest BCUT2D eigenvalue weighted by Gasteiger charge is 2.23. The molecule has 10 rings (SSSR count). The van der Waals surface area contributed by atoms with Crippen LogP contribution in [0.15, 0.2) is 108 Å². The summed E-state index contributed by atoms with van der Waals surface area (Å²) in [6, 6.07) is 37.3. The molecule has 0 fully saturated rings. The van der Waals surface area contributed by atoms with Crippen LogP contribution in [0, 0.1) is 0 Å². The van der Waals surface area contributed by atoms with E-state index in [-0.39, 0.29) is 0 Å². The quantitative estimate of drug-likeness (QED) is 0.235. The van der Waals surface area contributed by atoms with Crippen molar-refractivity contribution >= 4 is 92.6 Å². The van der Waals surface area contributed by atoms with Crippen LogP contribution in [0.3, 0.4) is 0 Å². The molecular weight excluding hydrogens is 452 g/mol. The van der Waals surface area contributed by atoms with Crippen molar-refractivity contribution in [3.63, 3.8) is 0 Å². The van der Waals surface area contributed by atoms with E-state index in [1.54, 1.807) is 0 Å². The molecule has 1 N–H and O–H groups in total. The minimum Gasteiger partial charge on any atom is -0.454 e. The van der Waals surface area contributed by atoms with Gasteiger partial charge in [0, 0.05) is 48.6 Å². The molecule has 170 valence electrons. The van der Waals surface area contributed by atoms with E-state index >= 15 is 0 Å². The van der Waals surface area contributed by atoms with E-state index in [2.05, 4.69) is 106 Å². The molecular formula is C34H18N2O. The normalized spacial score (nSPS) is 12.9. The summed E-state index contributed by atoms with van der Waals surface area (Å²) in [5.74, 6) is 0. The molecule has 10 aromatic rings. The molecule has 0 amide bonds. The van der Waals surface area contributed by atoms with Gasteiger partial charge in [0.25, 0.3) is 0 Å². The minimum absolute atomic E-state index is 0.917. The lowest BCUT2D eigenvalue weighted by molar-refractivity contribution is 0.672. The predicted octanol–water partition coefficient (Wildman–Crippen LogP) is 9.52. The van der Waals surface area contributed by atoms with Crippen LogP contribution in [0.4, 0.5) is 0 Å². The summed E-state index contributed by atoms with van der Waals surface area (Å²) < 4.78 is 9.02. The molecule has 0 aliphatic rings. The number of nitrogens with zero attached hydrogens (tertiary/aromatic N) is 1. The van der Waals surface area contributed by atoms with Crippen LogP contribution in [0.25, 0.3) is 92.6 Å². The number of para-hydroxylation sites is 3. The van der Waals surface area contributed by atoms with Gasteiger partial charge in [0.15, 0.2) is 5.58 Å². The fourth-order valence-electron chi connectivity index (χ4n) is 6.98. The third-order valence-corrected chi connectivity index (χ3v) is 8.41. The van der Waals surface area contributed by atoms with Crippen molar-refractivity contribution in [1.82, 2.24) is 9.38 Å². The van der Waals surface area contributed by atoms with Gasteiger partial charge in [0.05, 0.1) is 22.1 Å². The Morgan fingerprint density at radius 1 is 0.541 bits per heavy atom. The van der Waals surface area contributed by atoms with E-state index in [1.165, 1.54) is 59.6 Å². The van der Waals surface area contributed by atoms with E-state index in [0.29, 0.717) is 0 Å². The molecule has 4 heterocycles. The summed E-state index contributed by atoms with van der Waals surface area (Å²) in [5, 5.41) is 12.4. The molecule has 0 saturated carbocycles. The maximum atomic E-state index is 6.53. The Labute approximate surface area is 209 Å². The molecule has 6 aromatic carbocycles. The van der Waals surface area contributed by atoms with Gasteiger partial charge in [0.1, 0.15) is 5.58 Å². The Kier molecular flexibility index (Phi) is 2.98. The number of benzene rings is 6. The van der Waals surface area contributed by atoms with Gasteiger partial charge in [-0.25, -0.2) is 0 Å². The third-order valence-electron chi connectivity index (χ3n) is 8.41. The van der Waals surface area contributed by atoms with Crippen molar-refractivity contribution in [2.45, 2.75) is 0 Å². The molecule has 3 nitrogen and oxygen atoms in total. The number of fused-ring (bicyclic) bond motifs is 11. The van der Waals surface area contributed by atoms with Crippen LogP contribution in [0.2, 0.25) is 0 Å². The largest absolute Gasteiger partial charge is 0.454 e. The van der Waals surface area contributed by atoms with Crippen molar-refractivity contribution < 1.29 is 4.42 Å². The van der Waals surface area contributed by atoms with Gasteiger partial charge in [0.2, 0.25) is 0 Å². The van der Waals surface area contributed by atoms with E-state index in [1.807, 2.05) is 6.07 Å². The highest BCUT2D eigenvalue weighted by Crippen LogP contribution is 2.47. The Morgan fingerprint density at radius 3 is 2.24 bits per heavy atom. The first-order valence-corrected chi connectivity index (χ1v) is 12.7. The first-order chi connectivity index (χ1) is 18.4. The summed E-state index contributed by atoms with van der Waals surface area (Å²) >= 11 is 0. The van der Waals surface area contributed by atoms with Crippen molar-refractivity contribution in [3.05, 3.63) is 103 Å².